The highest BCUT2D eigenvalue weighted by Crippen LogP contribution is 2.38. The third-order valence-electron chi connectivity index (χ3n) is 4.69. The molecule has 0 bridgehead atoms. The molecule has 2 aromatic carbocycles. The van der Waals surface area contributed by atoms with Gasteiger partial charge < -0.3 is 9.84 Å². The molecule has 0 aliphatic carbocycles. The molecule has 1 atom stereocenters. The topological polar surface area (TPSA) is 127 Å². The summed E-state index contributed by atoms with van der Waals surface area (Å²) >= 11 is 0. The lowest BCUT2D eigenvalue weighted by Crippen LogP contribution is -2.40. The van der Waals surface area contributed by atoms with Gasteiger partial charge in [0.25, 0.3) is 5.69 Å². The lowest BCUT2D eigenvalue weighted by molar-refractivity contribution is -0.384. The average molecular weight is 418 g/mol. The van der Waals surface area contributed by atoms with Crippen molar-refractivity contribution in [3.63, 3.8) is 0 Å². The van der Waals surface area contributed by atoms with E-state index in [4.69, 9.17) is 4.74 Å². The number of benzene rings is 2. The number of rotatable bonds is 6. The van der Waals surface area contributed by atoms with Crippen LogP contribution in [0.3, 0.4) is 0 Å². The minimum absolute atomic E-state index is 0.0402. The fourth-order valence-corrected chi connectivity index (χ4v) is 4.82. The molecule has 0 saturated carbocycles. The number of hydrogen-bond donors (Lipinski definition) is 1. The SMILES string of the molecule is COc1ccccc1C1CC=C(C(=O)O)CN1S(=O)(=O)c1ccc([N+](=O)[O-])cc1. The monoisotopic (exact) mass is 418 g/mol. The van der Waals surface area contributed by atoms with E-state index in [0.717, 1.165) is 28.6 Å². The first-order chi connectivity index (χ1) is 13.8. The van der Waals surface area contributed by atoms with Crippen molar-refractivity contribution >= 4 is 21.7 Å². The van der Waals surface area contributed by atoms with Crippen LogP contribution in [-0.2, 0) is 14.8 Å². The maximum absolute atomic E-state index is 13.3. The zero-order valence-corrected chi connectivity index (χ0v) is 16.2. The summed E-state index contributed by atoms with van der Waals surface area (Å²) < 4.78 is 33.1. The average Bonchev–Trinajstić information content (AvgIpc) is 2.73. The number of nitro benzene ring substituents is 1. The van der Waals surface area contributed by atoms with Gasteiger partial charge >= 0.3 is 5.97 Å². The van der Waals surface area contributed by atoms with E-state index in [-0.39, 0.29) is 29.1 Å². The Kier molecular flexibility index (Phi) is 5.66. The Morgan fingerprint density at radius 3 is 2.45 bits per heavy atom. The van der Waals surface area contributed by atoms with Gasteiger partial charge in [0.1, 0.15) is 5.75 Å². The fourth-order valence-electron chi connectivity index (χ4n) is 3.22. The first-order valence-corrected chi connectivity index (χ1v) is 10.0. The molecule has 10 heteroatoms. The summed E-state index contributed by atoms with van der Waals surface area (Å²) in [5.74, 6) is -0.721. The van der Waals surface area contributed by atoms with Crippen LogP contribution in [0.4, 0.5) is 5.69 Å². The third kappa shape index (κ3) is 3.98. The first kappa shape index (κ1) is 20.5. The molecule has 0 spiro atoms. The van der Waals surface area contributed by atoms with E-state index in [9.17, 15) is 28.4 Å². The van der Waals surface area contributed by atoms with Crippen LogP contribution in [0, 0.1) is 10.1 Å². The number of nitrogens with zero attached hydrogens (tertiary/aromatic N) is 2. The van der Waals surface area contributed by atoms with Gasteiger partial charge in [0.15, 0.2) is 0 Å². The standard InChI is InChI=1S/C19H18N2O7S/c1-28-18-5-3-2-4-16(18)17-11-6-13(19(22)23)12-20(17)29(26,27)15-9-7-14(8-10-15)21(24)25/h2-10,17H,11-12H2,1H3,(H,22,23). The molecular weight excluding hydrogens is 400 g/mol. The highest BCUT2D eigenvalue weighted by atomic mass is 32.2. The number of carboxylic acid groups (broad SMARTS) is 1. The van der Waals surface area contributed by atoms with Crippen molar-refractivity contribution < 1.29 is 28.0 Å². The molecule has 0 radical (unpaired) electrons. The third-order valence-corrected chi connectivity index (χ3v) is 6.56. The molecule has 0 fully saturated rings. The minimum Gasteiger partial charge on any atom is -0.496 e. The number of aliphatic carboxylic acids is 1. The Hall–Kier alpha value is -3.24. The zero-order chi connectivity index (χ0) is 21.2. The second kappa shape index (κ2) is 8.02. The number of methoxy groups -OCH3 is 1. The number of carbonyl (C=O) groups is 1. The van der Waals surface area contributed by atoms with E-state index in [0.29, 0.717) is 11.3 Å². The van der Waals surface area contributed by atoms with Crippen molar-refractivity contribution in [3.8, 4) is 5.75 Å². The normalized spacial score (nSPS) is 17.4. The van der Waals surface area contributed by atoms with Gasteiger partial charge in [-0.1, -0.05) is 24.3 Å². The summed E-state index contributed by atoms with van der Waals surface area (Å²) in [5, 5.41) is 20.2. The summed E-state index contributed by atoms with van der Waals surface area (Å²) in [6.07, 6.45) is 1.65. The molecule has 1 aliphatic rings. The Labute approximate surface area is 167 Å². The van der Waals surface area contributed by atoms with Gasteiger partial charge in [0.2, 0.25) is 10.0 Å². The van der Waals surface area contributed by atoms with E-state index < -0.39 is 27.0 Å². The van der Waals surface area contributed by atoms with Crippen LogP contribution < -0.4 is 4.74 Å². The van der Waals surface area contributed by atoms with E-state index in [1.165, 1.54) is 13.2 Å². The van der Waals surface area contributed by atoms with Crippen LogP contribution in [0.2, 0.25) is 0 Å². The summed E-state index contributed by atoms with van der Waals surface area (Å²) in [4.78, 5) is 21.5. The molecular formula is C19H18N2O7S. The number of ether oxygens (including phenoxy) is 1. The molecule has 1 unspecified atom stereocenters. The van der Waals surface area contributed by atoms with E-state index in [1.54, 1.807) is 24.3 Å². The van der Waals surface area contributed by atoms with Crippen molar-refractivity contribution in [2.24, 2.45) is 0 Å². The van der Waals surface area contributed by atoms with E-state index in [2.05, 4.69) is 0 Å². The van der Waals surface area contributed by atoms with Gasteiger partial charge in [0.05, 0.1) is 23.0 Å². The molecule has 1 aliphatic heterocycles. The summed E-state index contributed by atoms with van der Waals surface area (Å²) in [6.45, 7) is -0.336. The molecule has 0 saturated heterocycles. The van der Waals surface area contributed by atoms with Crippen molar-refractivity contribution in [3.05, 3.63) is 75.9 Å². The molecule has 3 rings (SSSR count). The molecule has 0 aromatic heterocycles. The van der Waals surface area contributed by atoms with E-state index >= 15 is 0 Å². The first-order valence-electron chi connectivity index (χ1n) is 8.57. The molecule has 9 nitrogen and oxygen atoms in total. The lowest BCUT2D eigenvalue weighted by Gasteiger charge is -2.34. The van der Waals surface area contributed by atoms with Crippen LogP contribution in [0.1, 0.15) is 18.0 Å². The molecule has 152 valence electrons. The van der Waals surface area contributed by atoms with Gasteiger partial charge in [0, 0.05) is 29.8 Å². The van der Waals surface area contributed by atoms with Gasteiger partial charge in [-0.2, -0.15) is 4.31 Å². The summed E-state index contributed by atoms with van der Waals surface area (Å²) in [7, 11) is -2.67. The lowest BCUT2D eigenvalue weighted by atomic mass is 9.97. The molecule has 29 heavy (non-hydrogen) atoms. The van der Waals surface area contributed by atoms with Crippen LogP contribution in [-0.4, -0.2) is 42.4 Å². The number of para-hydroxylation sites is 1. The Balaban J connectivity index is 2.09. The number of nitro groups is 1. The highest BCUT2D eigenvalue weighted by Gasteiger charge is 2.37. The fraction of sp³-hybridized carbons (Fsp3) is 0.211. The van der Waals surface area contributed by atoms with Crippen LogP contribution >= 0.6 is 0 Å². The largest absolute Gasteiger partial charge is 0.496 e. The number of non-ortho nitro benzene ring substituents is 1. The zero-order valence-electron chi connectivity index (χ0n) is 15.4. The summed E-state index contributed by atoms with van der Waals surface area (Å²) in [6, 6.07) is 10.7. The van der Waals surface area contributed by atoms with Crippen LogP contribution in [0.5, 0.6) is 5.75 Å². The second-order valence-electron chi connectivity index (χ2n) is 6.33. The number of sulfonamides is 1. The Morgan fingerprint density at radius 2 is 1.86 bits per heavy atom. The molecule has 0 amide bonds. The maximum Gasteiger partial charge on any atom is 0.332 e. The van der Waals surface area contributed by atoms with Crippen LogP contribution in [0.25, 0.3) is 0 Å². The van der Waals surface area contributed by atoms with E-state index in [1.807, 2.05) is 0 Å². The van der Waals surface area contributed by atoms with Gasteiger partial charge in [-0.3, -0.25) is 10.1 Å². The quantitative estimate of drug-likeness (QED) is 0.564. The van der Waals surface area contributed by atoms with Gasteiger partial charge in [-0.05, 0) is 24.6 Å². The summed E-state index contributed by atoms with van der Waals surface area (Å²) in [5.41, 5.74) is 0.317. The van der Waals surface area contributed by atoms with Crippen LogP contribution in [0.15, 0.2) is 65.1 Å². The predicted molar refractivity (Wildman–Crippen MR) is 103 cm³/mol. The second-order valence-corrected chi connectivity index (χ2v) is 8.22. The molecule has 2 aromatic rings. The molecule has 1 heterocycles. The maximum atomic E-state index is 13.3. The molecule has 1 N–H and O–H groups in total. The number of carboxylic acids is 1. The highest BCUT2D eigenvalue weighted by molar-refractivity contribution is 7.89. The van der Waals surface area contributed by atoms with Crippen molar-refractivity contribution in [2.75, 3.05) is 13.7 Å². The predicted octanol–water partition coefficient (Wildman–Crippen LogP) is 2.75. The van der Waals surface area contributed by atoms with Gasteiger partial charge in [-0.15, -0.1) is 0 Å². The Bertz CT molecular complexity index is 1080. The number of hydrogen-bond acceptors (Lipinski definition) is 6. The van der Waals surface area contributed by atoms with Crippen molar-refractivity contribution in [2.45, 2.75) is 17.4 Å². The van der Waals surface area contributed by atoms with Gasteiger partial charge in [-0.25, -0.2) is 13.2 Å². The Morgan fingerprint density at radius 1 is 1.21 bits per heavy atom. The minimum atomic E-state index is -4.14. The van der Waals surface area contributed by atoms with Crippen molar-refractivity contribution in [1.82, 2.24) is 4.31 Å². The van der Waals surface area contributed by atoms with Crippen molar-refractivity contribution in [1.29, 1.82) is 0 Å². The smallest absolute Gasteiger partial charge is 0.332 e.